The number of hydrogen-bond donors (Lipinski definition) is 3. The Bertz CT molecular complexity index is 391. The summed E-state index contributed by atoms with van der Waals surface area (Å²) in [5, 5.41) is 21.7. The smallest absolute Gasteiger partial charge is 0.105 e. The van der Waals surface area contributed by atoms with Crippen LogP contribution in [0.25, 0.3) is 0 Å². The Morgan fingerprint density at radius 2 is 2.19 bits per heavy atom. The second kappa shape index (κ2) is 6.78. The van der Waals surface area contributed by atoms with E-state index in [1.165, 1.54) is 0 Å². The van der Waals surface area contributed by atoms with Crippen LogP contribution in [0.15, 0.2) is 29.3 Å². The zero-order valence-corrected chi connectivity index (χ0v) is 10.3. The lowest BCUT2D eigenvalue weighted by atomic mass is 10.0. The van der Waals surface area contributed by atoms with Crippen LogP contribution in [-0.4, -0.2) is 27.2 Å². The molecule has 0 radical (unpaired) electrons. The quantitative estimate of drug-likeness (QED) is 0.429. The minimum Gasteiger partial charge on any atom is -0.390 e. The molecule has 0 spiro atoms. The Morgan fingerprint density at radius 3 is 2.81 bits per heavy atom. The van der Waals surface area contributed by atoms with E-state index in [0.29, 0.717) is 23.4 Å². The summed E-state index contributed by atoms with van der Waals surface area (Å²) in [6.07, 6.45) is -1.30. The highest BCUT2D eigenvalue weighted by atomic mass is 32.1. The van der Waals surface area contributed by atoms with E-state index < -0.39 is 12.2 Å². The molecule has 1 rings (SSSR count). The van der Waals surface area contributed by atoms with Crippen LogP contribution in [0.2, 0.25) is 0 Å². The molecule has 2 atom stereocenters. The molecule has 0 saturated carbocycles. The van der Waals surface area contributed by atoms with Gasteiger partial charge in [-0.05, 0) is 42.1 Å². The number of aliphatic hydroxyl groups is 2. The van der Waals surface area contributed by atoms with Gasteiger partial charge in [-0.2, -0.15) is 17.6 Å². The summed E-state index contributed by atoms with van der Waals surface area (Å²) in [6, 6.07) is 6.90. The summed E-state index contributed by atoms with van der Waals surface area (Å²) >= 11 is 8.50. The zero-order chi connectivity index (χ0) is 12.0. The molecule has 86 valence electrons. The van der Waals surface area contributed by atoms with Gasteiger partial charge in [-0.15, -0.1) is 0 Å². The topological polar surface area (TPSA) is 52.8 Å². The third-order valence-electron chi connectivity index (χ3n) is 2.18. The van der Waals surface area contributed by atoms with Gasteiger partial charge in [-0.3, -0.25) is 0 Å². The predicted octanol–water partition coefficient (Wildman–Crippen LogP) is 2.14. The lowest BCUT2D eigenvalue weighted by Gasteiger charge is -2.17. The van der Waals surface area contributed by atoms with Gasteiger partial charge in [-0.25, -0.2) is 0 Å². The van der Waals surface area contributed by atoms with Crippen molar-refractivity contribution in [3.63, 3.8) is 0 Å². The molecule has 1 aromatic rings. The first kappa shape index (κ1) is 13.4. The number of thiol groups is 1. The van der Waals surface area contributed by atoms with E-state index in [2.05, 4.69) is 35.0 Å². The van der Waals surface area contributed by atoms with Gasteiger partial charge >= 0.3 is 0 Å². The Morgan fingerprint density at radius 1 is 1.44 bits per heavy atom. The highest BCUT2D eigenvalue weighted by molar-refractivity contribution is 7.80. The van der Waals surface area contributed by atoms with E-state index in [4.69, 9.17) is 0 Å². The molecule has 0 saturated heterocycles. The Labute approximate surface area is 105 Å². The minimum absolute atomic E-state index is 0.435. The molecular weight excluding hydrogens is 242 g/mol. The van der Waals surface area contributed by atoms with Crippen LogP contribution >= 0.6 is 24.8 Å². The molecule has 3 nitrogen and oxygen atoms in total. The van der Waals surface area contributed by atoms with E-state index >= 15 is 0 Å². The molecule has 0 fully saturated rings. The van der Waals surface area contributed by atoms with Crippen LogP contribution in [0.5, 0.6) is 0 Å². The summed E-state index contributed by atoms with van der Waals surface area (Å²) < 4.78 is 0. The lowest BCUT2D eigenvalue weighted by molar-refractivity contribution is 0.0173. The van der Waals surface area contributed by atoms with Crippen molar-refractivity contribution in [3.8, 4) is 0 Å². The van der Waals surface area contributed by atoms with Crippen LogP contribution in [0.3, 0.4) is 0 Å². The van der Waals surface area contributed by atoms with Crippen LogP contribution in [0, 0.1) is 0 Å². The number of thiocarbonyl (C=S) groups is 1. The van der Waals surface area contributed by atoms with Crippen molar-refractivity contribution >= 4 is 35.7 Å². The maximum atomic E-state index is 9.84. The molecular formula is C11H13NO2S2. The average molecular weight is 255 g/mol. The number of hydrogen-bond acceptors (Lipinski definition) is 5. The molecule has 0 amide bonds. The van der Waals surface area contributed by atoms with E-state index in [-0.39, 0.29) is 0 Å². The molecule has 0 aliphatic heterocycles. The summed E-state index contributed by atoms with van der Waals surface area (Å²) in [6.45, 7) is 0. The van der Waals surface area contributed by atoms with Crippen molar-refractivity contribution < 1.29 is 10.2 Å². The first-order valence-corrected chi connectivity index (χ1v) is 5.88. The lowest BCUT2D eigenvalue weighted by Crippen LogP contribution is -2.18. The van der Waals surface area contributed by atoms with E-state index in [1.807, 2.05) is 0 Å². The third-order valence-corrected chi connectivity index (χ3v) is 2.53. The van der Waals surface area contributed by atoms with Crippen LogP contribution < -0.4 is 0 Å². The fourth-order valence-electron chi connectivity index (χ4n) is 1.34. The van der Waals surface area contributed by atoms with Crippen molar-refractivity contribution in [1.29, 1.82) is 0 Å². The summed E-state index contributed by atoms with van der Waals surface area (Å²) in [5.74, 6) is 0.524. The van der Waals surface area contributed by atoms with Gasteiger partial charge in [0.05, 0.1) is 17.0 Å². The second-order valence-corrected chi connectivity index (χ2v) is 3.95. The number of isothiocyanates is 1. The highest BCUT2D eigenvalue weighted by Crippen LogP contribution is 2.23. The SMILES string of the molecule is OC(CCS)C(O)c1cccc(N=C=S)c1. The molecule has 5 heteroatoms. The van der Waals surface area contributed by atoms with Gasteiger partial charge in [0.1, 0.15) is 6.10 Å². The molecule has 0 bridgehead atoms. The standard InChI is InChI=1S/C11H13NO2S2/c13-10(4-5-15)11(14)8-2-1-3-9(6-8)12-7-16/h1-3,6,10-11,13-15H,4-5H2. The third kappa shape index (κ3) is 3.70. The van der Waals surface area contributed by atoms with E-state index in [1.54, 1.807) is 24.3 Å². The molecule has 0 aliphatic rings. The molecule has 16 heavy (non-hydrogen) atoms. The van der Waals surface area contributed by atoms with Gasteiger partial charge in [-0.1, -0.05) is 12.1 Å². The van der Waals surface area contributed by atoms with Gasteiger partial charge in [0.25, 0.3) is 0 Å². The van der Waals surface area contributed by atoms with Gasteiger partial charge < -0.3 is 10.2 Å². The van der Waals surface area contributed by atoms with Crippen molar-refractivity contribution in [2.75, 3.05) is 5.75 Å². The fraction of sp³-hybridized carbons (Fsp3) is 0.364. The van der Waals surface area contributed by atoms with Crippen molar-refractivity contribution in [2.45, 2.75) is 18.6 Å². The van der Waals surface area contributed by atoms with E-state index in [0.717, 1.165) is 0 Å². The number of nitrogens with zero attached hydrogens (tertiary/aromatic N) is 1. The minimum atomic E-state index is -0.924. The summed E-state index contributed by atoms with van der Waals surface area (Å²) in [7, 11) is 0. The Balaban J connectivity index is 2.86. The van der Waals surface area contributed by atoms with Gasteiger partial charge in [0.2, 0.25) is 0 Å². The number of aliphatic imine (C=N–C) groups is 1. The van der Waals surface area contributed by atoms with Gasteiger partial charge in [0, 0.05) is 0 Å². The Kier molecular flexibility index (Phi) is 5.66. The Hall–Kier alpha value is -0.710. The van der Waals surface area contributed by atoms with Crippen LogP contribution in [-0.2, 0) is 0 Å². The second-order valence-electron chi connectivity index (χ2n) is 3.32. The largest absolute Gasteiger partial charge is 0.390 e. The molecule has 2 N–H and O–H groups in total. The normalized spacial score (nSPS) is 13.9. The summed E-state index contributed by atoms with van der Waals surface area (Å²) in [4.78, 5) is 3.81. The fourth-order valence-corrected chi connectivity index (χ4v) is 1.71. The molecule has 1 aromatic carbocycles. The van der Waals surface area contributed by atoms with Crippen molar-refractivity contribution in [2.24, 2.45) is 4.99 Å². The van der Waals surface area contributed by atoms with Gasteiger partial charge in [0.15, 0.2) is 0 Å². The highest BCUT2D eigenvalue weighted by Gasteiger charge is 2.17. The molecule has 0 aliphatic carbocycles. The molecule has 2 unspecified atom stereocenters. The van der Waals surface area contributed by atoms with Crippen LogP contribution in [0.4, 0.5) is 5.69 Å². The van der Waals surface area contributed by atoms with Crippen LogP contribution in [0.1, 0.15) is 18.1 Å². The zero-order valence-electron chi connectivity index (χ0n) is 8.58. The predicted molar refractivity (Wildman–Crippen MR) is 70.6 cm³/mol. The number of rotatable bonds is 5. The number of aliphatic hydroxyl groups excluding tert-OH is 2. The first-order valence-electron chi connectivity index (χ1n) is 4.84. The average Bonchev–Trinajstić information content (AvgIpc) is 2.29. The molecule has 0 heterocycles. The molecule has 0 aromatic heterocycles. The number of benzene rings is 1. The van der Waals surface area contributed by atoms with Crippen molar-refractivity contribution in [1.82, 2.24) is 0 Å². The first-order chi connectivity index (χ1) is 7.69. The van der Waals surface area contributed by atoms with Crippen molar-refractivity contribution in [3.05, 3.63) is 29.8 Å². The maximum absolute atomic E-state index is 9.84. The van der Waals surface area contributed by atoms with E-state index in [9.17, 15) is 10.2 Å². The maximum Gasteiger partial charge on any atom is 0.105 e. The monoisotopic (exact) mass is 255 g/mol. The summed E-state index contributed by atoms with van der Waals surface area (Å²) in [5.41, 5.74) is 1.23.